The number of nitrogen functional groups attached to an aromatic ring is 1. The molecule has 0 unspecified atom stereocenters. The molecule has 1 aromatic heterocycles. The lowest BCUT2D eigenvalue weighted by Gasteiger charge is -2.07. The Labute approximate surface area is 93.7 Å². The summed E-state index contributed by atoms with van der Waals surface area (Å²) in [6.07, 6.45) is 0. The zero-order valence-electron chi connectivity index (χ0n) is 9.37. The largest absolute Gasteiger partial charge is 0.398 e. The topological polar surface area (TPSA) is 43.8 Å². The number of hydrogen-bond acceptors (Lipinski definition) is 2. The van der Waals surface area contributed by atoms with Gasteiger partial charge in [-0.3, -0.25) is 4.68 Å². The van der Waals surface area contributed by atoms with E-state index in [2.05, 4.69) is 5.10 Å². The summed E-state index contributed by atoms with van der Waals surface area (Å²) in [4.78, 5) is 0. The van der Waals surface area contributed by atoms with Gasteiger partial charge in [-0.05, 0) is 37.6 Å². The zero-order valence-corrected chi connectivity index (χ0v) is 9.37. The van der Waals surface area contributed by atoms with E-state index >= 15 is 0 Å². The first-order valence-electron chi connectivity index (χ1n) is 5.11. The Morgan fingerprint density at radius 1 is 1.31 bits per heavy atom. The van der Waals surface area contributed by atoms with Crippen LogP contribution in [0.1, 0.15) is 17.0 Å². The smallest absolute Gasteiger partial charge is 0.125 e. The van der Waals surface area contributed by atoms with Crippen LogP contribution in [0.15, 0.2) is 24.3 Å². The van der Waals surface area contributed by atoms with E-state index in [9.17, 15) is 4.39 Å². The highest BCUT2D eigenvalue weighted by Crippen LogP contribution is 2.15. The van der Waals surface area contributed by atoms with E-state index in [4.69, 9.17) is 5.73 Å². The minimum absolute atomic E-state index is 0.311. The molecular formula is C12H14FN3. The van der Waals surface area contributed by atoms with Gasteiger partial charge in [0.15, 0.2) is 0 Å². The second kappa shape index (κ2) is 3.96. The summed E-state index contributed by atoms with van der Waals surface area (Å²) in [5.41, 5.74) is 9.13. The molecule has 84 valence electrons. The van der Waals surface area contributed by atoms with Crippen molar-refractivity contribution in [2.24, 2.45) is 0 Å². The third-order valence-electron chi connectivity index (χ3n) is 2.53. The molecule has 2 N–H and O–H groups in total. The monoisotopic (exact) mass is 219 g/mol. The van der Waals surface area contributed by atoms with Crippen LogP contribution in [-0.2, 0) is 6.54 Å². The van der Waals surface area contributed by atoms with Crippen molar-refractivity contribution in [3.63, 3.8) is 0 Å². The van der Waals surface area contributed by atoms with Crippen molar-refractivity contribution in [1.82, 2.24) is 9.78 Å². The Kier molecular flexibility index (Phi) is 2.64. The van der Waals surface area contributed by atoms with E-state index in [0.29, 0.717) is 12.2 Å². The van der Waals surface area contributed by atoms with Gasteiger partial charge in [0.25, 0.3) is 0 Å². The fourth-order valence-corrected chi connectivity index (χ4v) is 1.71. The number of rotatable bonds is 2. The quantitative estimate of drug-likeness (QED) is 0.787. The molecule has 0 aliphatic heterocycles. The summed E-state index contributed by atoms with van der Waals surface area (Å²) in [7, 11) is 0. The normalized spacial score (nSPS) is 10.7. The zero-order chi connectivity index (χ0) is 11.7. The number of aromatic nitrogens is 2. The van der Waals surface area contributed by atoms with Crippen molar-refractivity contribution in [2.75, 3.05) is 5.73 Å². The Morgan fingerprint density at radius 3 is 2.62 bits per heavy atom. The van der Waals surface area contributed by atoms with Gasteiger partial charge in [-0.15, -0.1) is 0 Å². The van der Waals surface area contributed by atoms with E-state index in [0.717, 1.165) is 17.0 Å². The number of hydrogen-bond donors (Lipinski definition) is 1. The first-order chi connectivity index (χ1) is 7.56. The molecule has 0 saturated carbocycles. The van der Waals surface area contributed by atoms with E-state index in [-0.39, 0.29) is 5.82 Å². The summed E-state index contributed by atoms with van der Waals surface area (Å²) >= 11 is 0. The number of benzene rings is 1. The summed E-state index contributed by atoms with van der Waals surface area (Å²) in [5, 5.41) is 4.34. The fourth-order valence-electron chi connectivity index (χ4n) is 1.71. The molecule has 1 aromatic carbocycles. The highest BCUT2D eigenvalue weighted by molar-refractivity contribution is 5.46. The molecule has 1 heterocycles. The predicted molar refractivity (Wildman–Crippen MR) is 61.6 cm³/mol. The molecule has 2 rings (SSSR count). The van der Waals surface area contributed by atoms with Crippen LogP contribution >= 0.6 is 0 Å². The molecule has 0 spiro atoms. The highest BCUT2D eigenvalue weighted by atomic mass is 19.1. The molecule has 0 aliphatic carbocycles. The van der Waals surface area contributed by atoms with Crippen LogP contribution in [0.5, 0.6) is 0 Å². The maximum absolute atomic E-state index is 12.9. The molecule has 0 bridgehead atoms. The summed E-state index contributed by atoms with van der Waals surface area (Å²) < 4.78 is 14.7. The lowest BCUT2D eigenvalue weighted by molar-refractivity contribution is 0.624. The molecule has 0 saturated heterocycles. The van der Waals surface area contributed by atoms with Gasteiger partial charge in [0, 0.05) is 11.4 Å². The third-order valence-corrected chi connectivity index (χ3v) is 2.53. The number of anilines is 1. The Balaban J connectivity index is 2.30. The summed E-state index contributed by atoms with van der Waals surface area (Å²) in [5.74, 6) is -0.311. The molecule has 3 nitrogen and oxygen atoms in total. The van der Waals surface area contributed by atoms with Crippen molar-refractivity contribution >= 4 is 5.69 Å². The van der Waals surface area contributed by atoms with Crippen LogP contribution in [0.2, 0.25) is 0 Å². The standard InChI is InChI=1S/C12H14FN3/c1-8-5-9(2)16(15-8)7-10-3-4-11(13)6-12(10)14/h3-6H,7,14H2,1-2H3. The van der Waals surface area contributed by atoms with Gasteiger partial charge in [0.1, 0.15) is 5.82 Å². The van der Waals surface area contributed by atoms with Crippen molar-refractivity contribution in [3.8, 4) is 0 Å². The van der Waals surface area contributed by atoms with E-state index < -0.39 is 0 Å². The van der Waals surface area contributed by atoms with Gasteiger partial charge in [-0.2, -0.15) is 5.10 Å². The second-order valence-corrected chi connectivity index (χ2v) is 3.93. The lowest BCUT2D eigenvalue weighted by Crippen LogP contribution is -2.06. The molecular weight excluding hydrogens is 205 g/mol. The average molecular weight is 219 g/mol. The molecule has 0 radical (unpaired) electrons. The minimum Gasteiger partial charge on any atom is -0.398 e. The van der Waals surface area contributed by atoms with Crippen LogP contribution in [0, 0.1) is 19.7 Å². The third kappa shape index (κ3) is 2.05. The minimum atomic E-state index is -0.311. The maximum Gasteiger partial charge on any atom is 0.125 e. The summed E-state index contributed by atoms with van der Waals surface area (Å²) in [6, 6.07) is 6.44. The predicted octanol–water partition coefficient (Wildman–Crippen LogP) is 2.27. The van der Waals surface area contributed by atoms with Crippen molar-refractivity contribution in [3.05, 3.63) is 47.0 Å². The molecule has 2 aromatic rings. The maximum atomic E-state index is 12.9. The number of aryl methyl sites for hydroxylation is 2. The fraction of sp³-hybridized carbons (Fsp3) is 0.250. The van der Waals surface area contributed by atoms with Gasteiger partial charge < -0.3 is 5.73 Å². The first-order valence-corrected chi connectivity index (χ1v) is 5.11. The Hall–Kier alpha value is -1.84. The molecule has 0 amide bonds. The molecule has 0 aliphatic rings. The van der Waals surface area contributed by atoms with Crippen LogP contribution in [0.3, 0.4) is 0 Å². The van der Waals surface area contributed by atoms with E-state index in [1.807, 2.05) is 24.6 Å². The number of halogens is 1. The first kappa shape index (κ1) is 10.7. The van der Waals surface area contributed by atoms with Gasteiger partial charge in [-0.25, -0.2) is 4.39 Å². The molecule has 4 heteroatoms. The van der Waals surface area contributed by atoms with Gasteiger partial charge in [0.05, 0.1) is 12.2 Å². The van der Waals surface area contributed by atoms with Crippen LogP contribution in [-0.4, -0.2) is 9.78 Å². The van der Waals surface area contributed by atoms with E-state index in [1.165, 1.54) is 12.1 Å². The number of nitrogens with two attached hydrogens (primary N) is 1. The Bertz CT molecular complexity index is 517. The van der Waals surface area contributed by atoms with Crippen LogP contribution in [0.4, 0.5) is 10.1 Å². The van der Waals surface area contributed by atoms with Crippen molar-refractivity contribution in [1.29, 1.82) is 0 Å². The average Bonchev–Trinajstić information content (AvgIpc) is 2.50. The van der Waals surface area contributed by atoms with Gasteiger partial charge in [0.2, 0.25) is 0 Å². The molecule has 16 heavy (non-hydrogen) atoms. The van der Waals surface area contributed by atoms with Crippen LogP contribution < -0.4 is 5.73 Å². The number of nitrogens with zero attached hydrogens (tertiary/aromatic N) is 2. The van der Waals surface area contributed by atoms with E-state index in [1.54, 1.807) is 6.07 Å². The SMILES string of the molecule is Cc1cc(C)n(Cc2ccc(F)cc2N)n1. The van der Waals surface area contributed by atoms with Crippen molar-refractivity contribution in [2.45, 2.75) is 20.4 Å². The molecule has 0 fully saturated rings. The Morgan fingerprint density at radius 2 is 2.06 bits per heavy atom. The molecule has 0 atom stereocenters. The van der Waals surface area contributed by atoms with Gasteiger partial charge in [-0.1, -0.05) is 6.07 Å². The lowest BCUT2D eigenvalue weighted by atomic mass is 10.2. The summed E-state index contributed by atoms with van der Waals surface area (Å²) in [6.45, 7) is 4.50. The van der Waals surface area contributed by atoms with Crippen LogP contribution in [0.25, 0.3) is 0 Å². The highest BCUT2D eigenvalue weighted by Gasteiger charge is 2.05. The van der Waals surface area contributed by atoms with Crippen molar-refractivity contribution < 1.29 is 4.39 Å². The second-order valence-electron chi connectivity index (χ2n) is 3.93. The van der Waals surface area contributed by atoms with Gasteiger partial charge >= 0.3 is 0 Å².